The Morgan fingerprint density at radius 3 is 2.96 bits per heavy atom. The number of carbonyl (C=O) groups excluding carboxylic acids is 3. The molecular weight excluding hydrogens is 300 g/mol. The van der Waals surface area contributed by atoms with E-state index in [4.69, 9.17) is 4.74 Å². The summed E-state index contributed by atoms with van der Waals surface area (Å²) in [6.07, 6.45) is 1.06. The van der Waals surface area contributed by atoms with Gasteiger partial charge in [-0.05, 0) is 31.0 Å². The molecule has 1 aromatic carbocycles. The van der Waals surface area contributed by atoms with Crippen molar-refractivity contribution in [3.05, 3.63) is 24.3 Å². The highest BCUT2D eigenvalue weighted by Crippen LogP contribution is 2.22. The lowest BCUT2D eigenvalue weighted by atomic mass is 10.1. The molecule has 3 N–H and O–H groups in total. The third-order valence-corrected chi connectivity index (χ3v) is 3.77. The molecule has 0 aliphatic carbocycles. The lowest BCUT2D eigenvalue weighted by molar-refractivity contribution is -0.124. The van der Waals surface area contributed by atoms with E-state index in [9.17, 15) is 14.4 Å². The Morgan fingerprint density at radius 1 is 1.35 bits per heavy atom. The van der Waals surface area contributed by atoms with Crippen molar-refractivity contribution >= 4 is 29.4 Å². The van der Waals surface area contributed by atoms with Gasteiger partial charge in [-0.15, -0.1) is 0 Å². The van der Waals surface area contributed by atoms with Crippen molar-refractivity contribution in [2.24, 2.45) is 0 Å². The average molecular weight is 318 g/mol. The second-order valence-electron chi connectivity index (χ2n) is 5.40. The van der Waals surface area contributed by atoms with E-state index in [0.29, 0.717) is 37.5 Å². The maximum Gasteiger partial charge on any atom is 0.414 e. The predicted octanol–water partition coefficient (Wildman–Crippen LogP) is 1.04. The molecule has 1 aromatic rings. The average Bonchev–Trinajstić information content (AvgIpc) is 2.96. The molecule has 3 rings (SSSR count). The number of hydrogen-bond acceptors (Lipinski definition) is 4. The Morgan fingerprint density at radius 2 is 2.22 bits per heavy atom. The van der Waals surface area contributed by atoms with Crippen LogP contribution in [0, 0.1) is 0 Å². The third kappa shape index (κ3) is 3.53. The molecule has 23 heavy (non-hydrogen) atoms. The van der Waals surface area contributed by atoms with E-state index in [1.165, 1.54) is 4.90 Å². The predicted molar refractivity (Wildman–Crippen MR) is 83.3 cm³/mol. The van der Waals surface area contributed by atoms with Gasteiger partial charge in [0.2, 0.25) is 5.91 Å². The highest BCUT2D eigenvalue weighted by atomic mass is 16.6. The molecule has 2 aliphatic heterocycles. The molecule has 0 saturated carbocycles. The van der Waals surface area contributed by atoms with Crippen LogP contribution in [0.15, 0.2) is 24.3 Å². The van der Waals surface area contributed by atoms with E-state index in [2.05, 4.69) is 16.0 Å². The van der Waals surface area contributed by atoms with Crippen LogP contribution in [0.1, 0.15) is 12.8 Å². The minimum absolute atomic E-state index is 0.167. The smallest absolute Gasteiger partial charge is 0.414 e. The number of nitrogens with zero attached hydrogens (tertiary/aromatic N) is 1. The molecule has 0 aromatic heterocycles. The van der Waals surface area contributed by atoms with Gasteiger partial charge in [-0.1, -0.05) is 6.07 Å². The zero-order chi connectivity index (χ0) is 16.2. The SMILES string of the molecule is O=C(Nc1cccc(N2CCOC2=O)c1)N[C@H]1CCCNC1=O. The van der Waals surface area contributed by atoms with Crippen LogP contribution in [-0.4, -0.2) is 43.8 Å². The summed E-state index contributed by atoms with van der Waals surface area (Å²) >= 11 is 0. The summed E-state index contributed by atoms with van der Waals surface area (Å²) < 4.78 is 4.90. The molecule has 2 aliphatic rings. The maximum absolute atomic E-state index is 12.0. The second-order valence-corrected chi connectivity index (χ2v) is 5.40. The Balaban J connectivity index is 1.62. The fourth-order valence-corrected chi connectivity index (χ4v) is 2.61. The van der Waals surface area contributed by atoms with Gasteiger partial charge in [-0.3, -0.25) is 9.69 Å². The van der Waals surface area contributed by atoms with Gasteiger partial charge in [0.25, 0.3) is 0 Å². The molecule has 0 radical (unpaired) electrons. The quantitative estimate of drug-likeness (QED) is 0.775. The van der Waals surface area contributed by atoms with Crippen molar-refractivity contribution in [2.75, 3.05) is 29.9 Å². The van der Waals surface area contributed by atoms with Gasteiger partial charge < -0.3 is 20.7 Å². The topological polar surface area (TPSA) is 99.8 Å². The van der Waals surface area contributed by atoms with Crippen molar-refractivity contribution in [1.82, 2.24) is 10.6 Å². The van der Waals surface area contributed by atoms with E-state index < -0.39 is 18.2 Å². The van der Waals surface area contributed by atoms with Crippen LogP contribution in [-0.2, 0) is 9.53 Å². The monoisotopic (exact) mass is 318 g/mol. The number of ether oxygens (including phenoxy) is 1. The number of nitrogens with one attached hydrogen (secondary N) is 3. The Hall–Kier alpha value is -2.77. The fourth-order valence-electron chi connectivity index (χ4n) is 2.61. The first-order valence-corrected chi connectivity index (χ1v) is 7.53. The molecular formula is C15H18N4O4. The highest BCUT2D eigenvalue weighted by Gasteiger charge is 2.25. The van der Waals surface area contributed by atoms with Gasteiger partial charge in [0.05, 0.1) is 6.54 Å². The molecule has 2 heterocycles. The number of carbonyl (C=O) groups is 3. The van der Waals surface area contributed by atoms with E-state index in [-0.39, 0.29) is 5.91 Å². The molecule has 122 valence electrons. The van der Waals surface area contributed by atoms with Gasteiger partial charge in [0.1, 0.15) is 12.6 Å². The van der Waals surface area contributed by atoms with Crippen LogP contribution in [0.4, 0.5) is 21.0 Å². The van der Waals surface area contributed by atoms with Gasteiger partial charge in [0, 0.05) is 17.9 Å². The number of rotatable bonds is 3. The van der Waals surface area contributed by atoms with Gasteiger partial charge >= 0.3 is 12.1 Å². The summed E-state index contributed by atoms with van der Waals surface area (Å²) in [5.74, 6) is -0.167. The number of anilines is 2. The van der Waals surface area contributed by atoms with Crippen LogP contribution in [0.5, 0.6) is 0 Å². The molecule has 0 unspecified atom stereocenters. The molecule has 2 fully saturated rings. The number of amides is 4. The molecule has 0 spiro atoms. The Kier molecular flexibility index (Phi) is 4.31. The van der Waals surface area contributed by atoms with Crippen LogP contribution >= 0.6 is 0 Å². The minimum Gasteiger partial charge on any atom is -0.447 e. The largest absolute Gasteiger partial charge is 0.447 e. The number of urea groups is 1. The first-order chi connectivity index (χ1) is 11.1. The molecule has 8 nitrogen and oxygen atoms in total. The van der Waals surface area contributed by atoms with E-state index >= 15 is 0 Å². The van der Waals surface area contributed by atoms with Crippen molar-refractivity contribution in [3.8, 4) is 0 Å². The van der Waals surface area contributed by atoms with Crippen molar-refractivity contribution in [3.63, 3.8) is 0 Å². The number of cyclic esters (lactones) is 1. The number of piperidine rings is 1. The first-order valence-electron chi connectivity index (χ1n) is 7.53. The van der Waals surface area contributed by atoms with Crippen LogP contribution in [0.3, 0.4) is 0 Å². The van der Waals surface area contributed by atoms with Crippen molar-refractivity contribution in [2.45, 2.75) is 18.9 Å². The minimum atomic E-state index is -0.513. The Labute approximate surface area is 133 Å². The molecule has 0 bridgehead atoms. The standard InChI is InChI=1S/C15H18N4O4/c20-13-12(5-2-6-16-13)18-14(21)17-10-3-1-4-11(9-10)19-7-8-23-15(19)22/h1,3-4,9,12H,2,5-8H2,(H,16,20)(H2,17,18,21)/t12-/m0/s1. The lowest BCUT2D eigenvalue weighted by Crippen LogP contribution is -2.51. The zero-order valence-electron chi connectivity index (χ0n) is 12.5. The van der Waals surface area contributed by atoms with Crippen molar-refractivity contribution < 1.29 is 19.1 Å². The van der Waals surface area contributed by atoms with Crippen LogP contribution < -0.4 is 20.9 Å². The second kappa shape index (κ2) is 6.55. The summed E-state index contributed by atoms with van der Waals surface area (Å²) in [5, 5.41) is 8.04. The molecule has 4 amide bonds. The summed E-state index contributed by atoms with van der Waals surface area (Å²) in [5.41, 5.74) is 1.19. The maximum atomic E-state index is 12.0. The molecule has 8 heteroatoms. The van der Waals surface area contributed by atoms with E-state index in [1.54, 1.807) is 24.3 Å². The van der Waals surface area contributed by atoms with Gasteiger partial charge in [-0.25, -0.2) is 9.59 Å². The zero-order valence-corrected chi connectivity index (χ0v) is 12.5. The highest BCUT2D eigenvalue weighted by molar-refractivity contribution is 5.95. The van der Waals surface area contributed by atoms with Gasteiger partial charge in [0.15, 0.2) is 0 Å². The lowest BCUT2D eigenvalue weighted by Gasteiger charge is -2.23. The third-order valence-electron chi connectivity index (χ3n) is 3.77. The van der Waals surface area contributed by atoms with E-state index in [0.717, 1.165) is 6.42 Å². The van der Waals surface area contributed by atoms with Gasteiger partial charge in [-0.2, -0.15) is 0 Å². The van der Waals surface area contributed by atoms with E-state index in [1.807, 2.05) is 0 Å². The number of benzene rings is 1. The molecule has 2 saturated heterocycles. The fraction of sp³-hybridized carbons (Fsp3) is 0.400. The van der Waals surface area contributed by atoms with Crippen LogP contribution in [0.25, 0.3) is 0 Å². The summed E-state index contributed by atoms with van der Waals surface area (Å²) in [7, 11) is 0. The Bertz CT molecular complexity index is 634. The van der Waals surface area contributed by atoms with Crippen LogP contribution in [0.2, 0.25) is 0 Å². The number of hydrogen-bond donors (Lipinski definition) is 3. The molecule has 1 atom stereocenters. The van der Waals surface area contributed by atoms with Crippen molar-refractivity contribution in [1.29, 1.82) is 0 Å². The summed E-state index contributed by atoms with van der Waals surface area (Å²) in [6.45, 7) is 1.48. The summed E-state index contributed by atoms with van der Waals surface area (Å²) in [4.78, 5) is 36.7. The first kappa shape index (κ1) is 15.1. The normalized spacial score (nSPS) is 20.7. The summed E-state index contributed by atoms with van der Waals surface area (Å²) in [6, 6.07) is 5.95.